The lowest BCUT2D eigenvalue weighted by atomic mass is 10.1. The molecule has 2 aromatic carbocycles. The van der Waals surface area contributed by atoms with Crippen LogP contribution in [0.2, 0.25) is 5.02 Å². The van der Waals surface area contributed by atoms with Crippen LogP contribution in [-0.4, -0.2) is 43.0 Å². The molecule has 2 aromatic rings. The van der Waals surface area contributed by atoms with Gasteiger partial charge in [0.25, 0.3) is 5.91 Å². The summed E-state index contributed by atoms with van der Waals surface area (Å²) >= 11 is 5.96. The number of rotatable bonds is 8. The molecule has 0 bridgehead atoms. The highest BCUT2D eigenvalue weighted by molar-refractivity contribution is 6.30. The summed E-state index contributed by atoms with van der Waals surface area (Å²) in [6.45, 7) is 4.01. The van der Waals surface area contributed by atoms with E-state index in [9.17, 15) is 9.59 Å². The van der Waals surface area contributed by atoms with Crippen molar-refractivity contribution in [2.45, 2.75) is 26.0 Å². The van der Waals surface area contributed by atoms with Crippen molar-refractivity contribution in [3.8, 4) is 5.75 Å². The van der Waals surface area contributed by atoms with Gasteiger partial charge in [-0.25, -0.2) is 0 Å². The van der Waals surface area contributed by atoms with E-state index in [0.717, 1.165) is 5.56 Å². The molecule has 0 radical (unpaired) electrons. The van der Waals surface area contributed by atoms with Crippen LogP contribution >= 0.6 is 11.6 Å². The van der Waals surface area contributed by atoms with Crippen molar-refractivity contribution in [1.82, 2.24) is 10.2 Å². The second kappa shape index (κ2) is 9.57. The minimum atomic E-state index is -1.07. The number of hydrogen-bond acceptors (Lipinski definition) is 4. The summed E-state index contributed by atoms with van der Waals surface area (Å²) in [7, 11) is 3.66. The van der Waals surface area contributed by atoms with Gasteiger partial charge in [0.15, 0.2) is 5.60 Å². The maximum absolute atomic E-state index is 12.6. The predicted molar refractivity (Wildman–Crippen MR) is 112 cm³/mol. The molecule has 0 atom stereocenters. The largest absolute Gasteiger partial charge is 0.478 e. The summed E-state index contributed by atoms with van der Waals surface area (Å²) in [4.78, 5) is 26.2. The minimum Gasteiger partial charge on any atom is -0.478 e. The number of benzene rings is 2. The molecular formula is C21H26ClN3O3. The average Bonchev–Trinajstić information content (AvgIpc) is 2.58. The van der Waals surface area contributed by atoms with Crippen LogP contribution < -0.4 is 15.4 Å². The highest BCUT2D eigenvalue weighted by Gasteiger charge is 2.29. The topological polar surface area (TPSA) is 70.7 Å². The second-order valence-electron chi connectivity index (χ2n) is 7.24. The molecule has 2 rings (SSSR count). The van der Waals surface area contributed by atoms with Crippen molar-refractivity contribution >= 4 is 29.1 Å². The van der Waals surface area contributed by atoms with Gasteiger partial charge in [-0.1, -0.05) is 29.8 Å². The van der Waals surface area contributed by atoms with E-state index in [1.165, 1.54) is 0 Å². The molecule has 150 valence electrons. The monoisotopic (exact) mass is 403 g/mol. The first-order chi connectivity index (χ1) is 13.2. The van der Waals surface area contributed by atoms with Gasteiger partial charge in [-0.2, -0.15) is 0 Å². The first kappa shape index (κ1) is 21.7. The van der Waals surface area contributed by atoms with Crippen LogP contribution in [-0.2, 0) is 16.1 Å². The van der Waals surface area contributed by atoms with E-state index in [4.69, 9.17) is 16.3 Å². The molecule has 0 spiro atoms. The maximum atomic E-state index is 12.6. The Hall–Kier alpha value is -2.57. The van der Waals surface area contributed by atoms with Gasteiger partial charge >= 0.3 is 0 Å². The van der Waals surface area contributed by atoms with Gasteiger partial charge in [-0.15, -0.1) is 0 Å². The Balaban J connectivity index is 1.94. The highest BCUT2D eigenvalue weighted by Crippen LogP contribution is 2.22. The van der Waals surface area contributed by atoms with Crippen LogP contribution in [0.25, 0.3) is 0 Å². The van der Waals surface area contributed by atoms with Crippen molar-refractivity contribution in [2.75, 3.05) is 26.0 Å². The number of hydrogen-bond donors (Lipinski definition) is 2. The fourth-order valence-corrected chi connectivity index (χ4v) is 2.69. The third kappa shape index (κ3) is 6.87. The van der Waals surface area contributed by atoms with E-state index >= 15 is 0 Å². The third-order valence-corrected chi connectivity index (χ3v) is 4.07. The zero-order chi connectivity index (χ0) is 20.7. The number of carbonyl (C=O) groups excluding carboxylic acids is 2. The molecule has 0 unspecified atom stereocenters. The second-order valence-corrected chi connectivity index (χ2v) is 7.68. The molecule has 6 nitrogen and oxygen atoms in total. The fourth-order valence-electron chi connectivity index (χ4n) is 2.51. The normalized spacial score (nSPS) is 11.2. The number of carbonyl (C=O) groups is 2. The van der Waals surface area contributed by atoms with E-state index in [-0.39, 0.29) is 11.8 Å². The van der Waals surface area contributed by atoms with Crippen molar-refractivity contribution in [3.05, 3.63) is 59.1 Å². The zero-order valence-electron chi connectivity index (χ0n) is 16.6. The lowest BCUT2D eigenvalue weighted by molar-refractivity contribution is -0.134. The van der Waals surface area contributed by atoms with Gasteiger partial charge in [-0.05, 0) is 63.8 Å². The standard InChI is InChI=1S/C21H26ClN3O3/c1-21(2,28-18-10-6-8-16(22)12-18)20(27)23-13-15-7-5-9-17(11-15)24-19(26)14-25(3)4/h5-12H,13-14H2,1-4H3,(H,23,27)(H,24,26). The van der Waals surface area contributed by atoms with Crippen molar-refractivity contribution in [1.29, 1.82) is 0 Å². The summed E-state index contributed by atoms with van der Waals surface area (Å²) in [6.07, 6.45) is 0. The van der Waals surface area contributed by atoms with Crippen molar-refractivity contribution < 1.29 is 14.3 Å². The first-order valence-corrected chi connectivity index (χ1v) is 9.30. The molecule has 0 aliphatic rings. The molecule has 2 amide bonds. The summed E-state index contributed by atoms with van der Waals surface area (Å²) in [6, 6.07) is 14.3. The number of amides is 2. The Labute approximate surface area is 170 Å². The molecular weight excluding hydrogens is 378 g/mol. The number of nitrogens with one attached hydrogen (secondary N) is 2. The van der Waals surface area contributed by atoms with Gasteiger partial charge in [-0.3, -0.25) is 9.59 Å². The highest BCUT2D eigenvalue weighted by atomic mass is 35.5. The van der Waals surface area contributed by atoms with Crippen LogP contribution in [0, 0.1) is 0 Å². The SMILES string of the molecule is CN(C)CC(=O)Nc1cccc(CNC(=O)C(C)(C)Oc2cccc(Cl)c2)c1. The predicted octanol–water partition coefficient (Wildman–Crippen LogP) is 3.31. The Morgan fingerprint density at radius 2 is 1.82 bits per heavy atom. The number of ether oxygens (including phenoxy) is 1. The van der Waals surface area contributed by atoms with Crippen LogP contribution in [0.5, 0.6) is 5.75 Å². The van der Waals surface area contributed by atoms with Crippen LogP contribution in [0.3, 0.4) is 0 Å². The number of nitrogens with zero attached hydrogens (tertiary/aromatic N) is 1. The Kier molecular flexibility index (Phi) is 7.43. The number of likely N-dealkylation sites (N-methyl/N-ethyl adjacent to an activating group) is 1. The van der Waals surface area contributed by atoms with Crippen molar-refractivity contribution in [3.63, 3.8) is 0 Å². The van der Waals surface area contributed by atoms with Gasteiger partial charge in [0, 0.05) is 17.3 Å². The molecule has 0 aliphatic carbocycles. The molecule has 0 fully saturated rings. The summed E-state index contributed by atoms with van der Waals surface area (Å²) < 4.78 is 5.79. The Bertz CT molecular complexity index is 837. The Morgan fingerprint density at radius 3 is 2.50 bits per heavy atom. The molecule has 2 N–H and O–H groups in total. The molecule has 0 aliphatic heterocycles. The van der Waals surface area contributed by atoms with Gasteiger partial charge in [0.05, 0.1) is 6.54 Å². The maximum Gasteiger partial charge on any atom is 0.263 e. The summed E-state index contributed by atoms with van der Waals surface area (Å²) in [5, 5.41) is 6.25. The van der Waals surface area contributed by atoms with E-state index in [1.54, 1.807) is 43.0 Å². The van der Waals surface area contributed by atoms with Gasteiger partial charge in [0.1, 0.15) is 5.75 Å². The van der Waals surface area contributed by atoms with E-state index in [2.05, 4.69) is 10.6 Å². The smallest absolute Gasteiger partial charge is 0.263 e. The van der Waals surface area contributed by atoms with Crippen LogP contribution in [0.4, 0.5) is 5.69 Å². The van der Waals surface area contributed by atoms with Crippen LogP contribution in [0.15, 0.2) is 48.5 Å². The van der Waals surface area contributed by atoms with E-state index in [1.807, 2.05) is 38.4 Å². The third-order valence-electron chi connectivity index (χ3n) is 3.84. The van der Waals surface area contributed by atoms with E-state index in [0.29, 0.717) is 29.5 Å². The summed E-state index contributed by atoms with van der Waals surface area (Å²) in [5.74, 6) is 0.176. The lowest BCUT2D eigenvalue weighted by Crippen LogP contribution is -2.46. The van der Waals surface area contributed by atoms with E-state index < -0.39 is 5.60 Å². The number of halogens is 1. The molecule has 7 heteroatoms. The number of anilines is 1. The van der Waals surface area contributed by atoms with Crippen molar-refractivity contribution in [2.24, 2.45) is 0 Å². The summed E-state index contributed by atoms with van der Waals surface area (Å²) in [5.41, 5.74) is 0.491. The quantitative estimate of drug-likeness (QED) is 0.709. The zero-order valence-corrected chi connectivity index (χ0v) is 17.3. The fraction of sp³-hybridized carbons (Fsp3) is 0.333. The molecule has 28 heavy (non-hydrogen) atoms. The molecule has 0 saturated heterocycles. The average molecular weight is 404 g/mol. The minimum absolute atomic E-state index is 0.0951. The molecule has 0 saturated carbocycles. The molecule has 0 aromatic heterocycles. The first-order valence-electron chi connectivity index (χ1n) is 8.92. The van der Waals surface area contributed by atoms with Gasteiger partial charge < -0.3 is 20.3 Å². The Morgan fingerprint density at radius 1 is 1.11 bits per heavy atom. The van der Waals surface area contributed by atoms with Crippen LogP contribution in [0.1, 0.15) is 19.4 Å². The van der Waals surface area contributed by atoms with Gasteiger partial charge in [0.2, 0.25) is 5.91 Å². The molecule has 0 heterocycles. The lowest BCUT2D eigenvalue weighted by Gasteiger charge is -2.25.